The molecule has 2 saturated heterocycles. The molecule has 33 heavy (non-hydrogen) atoms. The number of rotatable bonds is 7. The number of likely N-dealkylation sites (tertiary alicyclic amines) is 1. The first kappa shape index (κ1) is 23.5. The molecular formula is C24H31N3O5S. The number of hydrogen-bond acceptors (Lipinski definition) is 7. The van der Waals surface area contributed by atoms with Gasteiger partial charge in [-0.25, -0.2) is 4.98 Å². The summed E-state index contributed by atoms with van der Waals surface area (Å²) in [5.74, 6) is 0.949. The number of thiazole rings is 1. The SMILES string of the molecule is COc1ccc([C@@H]2CC(=O)N(CC(=O)Nc3nc(C(C)(C)C)cs3)C2)cc1OC1CCCO1. The zero-order chi connectivity index (χ0) is 23.6. The van der Waals surface area contributed by atoms with E-state index in [0.717, 1.165) is 24.1 Å². The maximum absolute atomic E-state index is 12.6. The number of aromatic nitrogens is 1. The zero-order valence-corrected chi connectivity index (χ0v) is 20.4. The van der Waals surface area contributed by atoms with Crippen molar-refractivity contribution >= 4 is 28.3 Å². The van der Waals surface area contributed by atoms with Crippen molar-refractivity contribution < 1.29 is 23.8 Å². The van der Waals surface area contributed by atoms with E-state index in [1.165, 1.54) is 11.3 Å². The van der Waals surface area contributed by atoms with E-state index in [1.807, 2.05) is 23.6 Å². The highest BCUT2D eigenvalue weighted by Gasteiger charge is 2.33. The summed E-state index contributed by atoms with van der Waals surface area (Å²) in [5.41, 5.74) is 1.83. The number of methoxy groups -OCH3 is 1. The van der Waals surface area contributed by atoms with Crippen molar-refractivity contribution in [2.75, 3.05) is 32.1 Å². The van der Waals surface area contributed by atoms with Gasteiger partial charge in [0.1, 0.15) is 0 Å². The van der Waals surface area contributed by atoms with Gasteiger partial charge in [-0.1, -0.05) is 26.8 Å². The number of nitrogens with zero attached hydrogens (tertiary/aromatic N) is 2. The molecule has 1 aromatic carbocycles. The average Bonchev–Trinajstić information content (AvgIpc) is 3.50. The van der Waals surface area contributed by atoms with Crippen molar-refractivity contribution in [3.8, 4) is 11.5 Å². The molecule has 2 aliphatic heterocycles. The number of amides is 2. The fourth-order valence-electron chi connectivity index (χ4n) is 3.98. The minimum absolute atomic E-state index is 0.00912. The number of anilines is 1. The summed E-state index contributed by atoms with van der Waals surface area (Å²) >= 11 is 1.40. The molecule has 3 heterocycles. The van der Waals surface area contributed by atoms with E-state index >= 15 is 0 Å². The minimum Gasteiger partial charge on any atom is -0.493 e. The first-order valence-corrected chi connectivity index (χ1v) is 12.1. The van der Waals surface area contributed by atoms with Crippen LogP contribution >= 0.6 is 11.3 Å². The van der Waals surface area contributed by atoms with Gasteiger partial charge in [-0.15, -0.1) is 11.3 Å². The van der Waals surface area contributed by atoms with Crippen molar-refractivity contribution in [1.29, 1.82) is 0 Å². The van der Waals surface area contributed by atoms with E-state index in [2.05, 4.69) is 31.1 Å². The summed E-state index contributed by atoms with van der Waals surface area (Å²) in [6, 6.07) is 5.73. The second kappa shape index (κ2) is 9.69. The highest BCUT2D eigenvalue weighted by atomic mass is 32.1. The third-order valence-corrected chi connectivity index (χ3v) is 6.63. The van der Waals surface area contributed by atoms with Crippen LogP contribution < -0.4 is 14.8 Å². The first-order valence-electron chi connectivity index (χ1n) is 11.2. The van der Waals surface area contributed by atoms with Gasteiger partial charge in [0.15, 0.2) is 22.9 Å². The Morgan fingerprint density at radius 1 is 1.33 bits per heavy atom. The molecule has 0 radical (unpaired) electrons. The Morgan fingerprint density at radius 2 is 2.15 bits per heavy atom. The van der Waals surface area contributed by atoms with Gasteiger partial charge in [-0.05, 0) is 24.1 Å². The predicted molar refractivity (Wildman–Crippen MR) is 126 cm³/mol. The van der Waals surface area contributed by atoms with Crippen molar-refractivity contribution in [2.45, 2.75) is 57.7 Å². The van der Waals surface area contributed by atoms with Gasteiger partial charge in [0.2, 0.25) is 11.8 Å². The van der Waals surface area contributed by atoms with Gasteiger partial charge in [-0.2, -0.15) is 0 Å². The van der Waals surface area contributed by atoms with Crippen LogP contribution in [-0.4, -0.2) is 54.8 Å². The average molecular weight is 474 g/mol. The molecule has 0 aliphatic carbocycles. The molecule has 1 N–H and O–H groups in total. The Hall–Kier alpha value is -2.65. The summed E-state index contributed by atoms with van der Waals surface area (Å²) in [4.78, 5) is 31.3. The molecule has 2 atom stereocenters. The quantitative estimate of drug-likeness (QED) is 0.656. The fraction of sp³-hybridized carbons (Fsp3) is 0.542. The molecule has 178 valence electrons. The molecule has 1 unspecified atom stereocenters. The maximum atomic E-state index is 12.6. The lowest BCUT2D eigenvalue weighted by atomic mass is 9.93. The monoisotopic (exact) mass is 473 g/mol. The summed E-state index contributed by atoms with van der Waals surface area (Å²) in [7, 11) is 1.60. The molecular weight excluding hydrogens is 442 g/mol. The molecule has 2 aromatic rings. The Labute approximate surface area is 198 Å². The van der Waals surface area contributed by atoms with Gasteiger partial charge in [-0.3, -0.25) is 9.59 Å². The van der Waals surface area contributed by atoms with Gasteiger partial charge >= 0.3 is 0 Å². The van der Waals surface area contributed by atoms with Crippen molar-refractivity contribution in [3.05, 3.63) is 34.8 Å². The van der Waals surface area contributed by atoms with Crippen molar-refractivity contribution in [3.63, 3.8) is 0 Å². The first-order chi connectivity index (χ1) is 15.7. The van der Waals surface area contributed by atoms with Crippen LogP contribution in [0.4, 0.5) is 5.13 Å². The molecule has 0 spiro atoms. The topological polar surface area (TPSA) is 90.0 Å². The van der Waals surface area contributed by atoms with Crippen LogP contribution in [0, 0.1) is 0 Å². The number of carbonyl (C=O) groups excluding carboxylic acids is 2. The van der Waals surface area contributed by atoms with Gasteiger partial charge in [0.05, 0.1) is 26.0 Å². The lowest BCUT2D eigenvalue weighted by Crippen LogP contribution is -2.34. The van der Waals surface area contributed by atoms with Crippen molar-refractivity contribution in [1.82, 2.24) is 9.88 Å². The third kappa shape index (κ3) is 5.65. The highest BCUT2D eigenvalue weighted by molar-refractivity contribution is 7.13. The Kier molecular flexibility index (Phi) is 6.90. The summed E-state index contributed by atoms with van der Waals surface area (Å²) in [5, 5.41) is 5.33. The Bertz CT molecular complexity index is 1010. The van der Waals surface area contributed by atoms with Gasteiger partial charge in [0, 0.05) is 36.1 Å². The van der Waals surface area contributed by atoms with Crippen molar-refractivity contribution in [2.24, 2.45) is 0 Å². The molecule has 2 aliphatic rings. The summed E-state index contributed by atoms with van der Waals surface area (Å²) in [6.45, 7) is 7.41. The molecule has 0 saturated carbocycles. The van der Waals surface area contributed by atoms with E-state index < -0.39 is 0 Å². The lowest BCUT2D eigenvalue weighted by Gasteiger charge is -2.19. The molecule has 2 amide bonds. The van der Waals surface area contributed by atoms with E-state index in [-0.39, 0.29) is 36.0 Å². The Balaban J connectivity index is 1.38. The third-order valence-electron chi connectivity index (χ3n) is 5.87. The molecule has 8 nitrogen and oxygen atoms in total. The number of carbonyl (C=O) groups is 2. The Morgan fingerprint density at radius 3 is 2.82 bits per heavy atom. The predicted octanol–water partition coefficient (Wildman–Crippen LogP) is 3.92. The fourth-order valence-corrected chi connectivity index (χ4v) is 4.93. The lowest BCUT2D eigenvalue weighted by molar-refractivity contribution is -0.131. The number of hydrogen-bond donors (Lipinski definition) is 1. The van der Waals surface area contributed by atoms with Gasteiger partial charge in [0.25, 0.3) is 0 Å². The standard InChI is InChI=1S/C24H31N3O5S/c1-24(2,3)19-14-33-23(25-19)26-20(28)13-27-12-16(11-21(27)29)15-7-8-17(30-4)18(10-15)32-22-6-5-9-31-22/h7-8,10,14,16,22H,5-6,9,11-13H2,1-4H3,(H,25,26,28)/t16-,22?/m1/s1. The van der Waals surface area contributed by atoms with E-state index in [0.29, 0.717) is 36.2 Å². The normalized spacial score (nSPS) is 20.8. The van der Waals surface area contributed by atoms with E-state index in [1.54, 1.807) is 12.0 Å². The van der Waals surface area contributed by atoms with Crippen LogP contribution in [0.25, 0.3) is 0 Å². The molecule has 9 heteroatoms. The smallest absolute Gasteiger partial charge is 0.245 e. The van der Waals surface area contributed by atoms with E-state index in [4.69, 9.17) is 14.2 Å². The zero-order valence-electron chi connectivity index (χ0n) is 19.6. The molecule has 0 bridgehead atoms. The van der Waals surface area contributed by atoms with Crippen LogP contribution in [0.1, 0.15) is 57.2 Å². The van der Waals surface area contributed by atoms with Crippen LogP contribution in [0.2, 0.25) is 0 Å². The second-order valence-electron chi connectivity index (χ2n) is 9.48. The molecule has 1 aromatic heterocycles. The van der Waals surface area contributed by atoms with Crippen LogP contribution in [0.15, 0.2) is 23.6 Å². The number of ether oxygens (including phenoxy) is 3. The van der Waals surface area contributed by atoms with E-state index in [9.17, 15) is 9.59 Å². The van der Waals surface area contributed by atoms with Crippen LogP contribution in [-0.2, 0) is 19.7 Å². The number of nitrogens with one attached hydrogen (secondary N) is 1. The maximum Gasteiger partial charge on any atom is 0.245 e. The number of benzene rings is 1. The summed E-state index contributed by atoms with van der Waals surface area (Å²) in [6.07, 6.45) is 1.89. The summed E-state index contributed by atoms with van der Waals surface area (Å²) < 4.78 is 17.0. The molecule has 2 fully saturated rings. The van der Waals surface area contributed by atoms with Crippen LogP contribution in [0.5, 0.6) is 11.5 Å². The highest BCUT2D eigenvalue weighted by Crippen LogP contribution is 2.36. The van der Waals surface area contributed by atoms with Gasteiger partial charge < -0.3 is 24.4 Å². The minimum atomic E-state index is -0.274. The second-order valence-corrected chi connectivity index (χ2v) is 10.3. The molecule has 4 rings (SSSR count). The van der Waals surface area contributed by atoms with Crippen LogP contribution in [0.3, 0.4) is 0 Å². The largest absolute Gasteiger partial charge is 0.493 e.